The zero-order valence-corrected chi connectivity index (χ0v) is 17.4. The summed E-state index contributed by atoms with van der Waals surface area (Å²) in [5, 5.41) is 0.992. The Hall–Kier alpha value is -3.81. The van der Waals surface area contributed by atoms with E-state index in [0.29, 0.717) is 30.6 Å². The normalized spacial score (nSPS) is 15.6. The quantitative estimate of drug-likeness (QED) is 0.480. The summed E-state index contributed by atoms with van der Waals surface area (Å²) in [6, 6.07) is 9.61. The molecule has 1 aliphatic carbocycles. The number of ether oxygens (including phenoxy) is 1. The second kappa shape index (κ2) is 7.71. The molecule has 1 aromatic carbocycles. The van der Waals surface area contributed by atoms with Crippen molar-refractivity contribution in [2.75, 3.05) is 6.54 Å². The van der Waals surface area contributed by atoms with Crippen LogP contribution in [0, 0.1) is 0 Å². The van der Waals surface area contributed by atoms with Crippen molar-refractivity contribution in [1.82, 2.24) is 24.8 Å². The van der Waals surface area contributed by atoms with Crippen LogP contribution in [0.25, 0.3) is 10.9 Å². The van der Waals surface area contributed by atoms with Gasteiger partial charge in [0.25, 0.3) is 5.91 Å². The number of nitrogens with zero attached hydrogens (tertiary/aromatic N) is 5. The van der Waals surface area contributed by atoms with Gasteiger partial charge in [0.1, 0.15) is 23.4 Å². The van der Waals surface area contributed by atoms with Crippen LogP contribution < -0.4 is 4.74 Å². The average Bonchev–Trinajstić information content (AvgIpc) is 3.59. The molecule has 8 nitrogen and oxygen atoms in total. The van der Waals surface area contributed by atoms with Gasteiger partial charge in [-0.05, 0) is 25.0 Å². The Morgan fingerprint density at radius 1 is 1.16 bits per heavy atom. The summed E-state index contributed by atoms with van der Waals surface area (Å²) in [5.41, 5.74) is 3.11. The van der Waals surface area contributed by atoms with E-state index in [9.17, 15) is 4.79 Å². The van der Waals surface area contributed by atoms with E-state index in [1.807, 2.05) is 36.5 Å². The van der Waals surface area contributed by atoms with E-state index < -0.39 is 0 Å². The minimum Gasteiger partial charge on any atom is -0.482 e. The van der Waals surface area contributed by atoms with Crippen LogP contribution in [0.1, 0.15) is 52.2 Å². The first-order chi connectivity index (χ1) is 15.7. The molecule has 6 rings (SSSR count). The predicted molar refractivity (Wildman–Crippen MR) is 115 cm³/mol. The van der Waals surface area contributed by atoms with Crippen LogP contribution in [0.4, 0.5) is 0 Å². The number of hydrogen-bond donors (Lipinski definition) is 0. The number of para-hydroxylation sites is 1. The van der Waals surface area contributed by atoms with Gasteiger partial charge in [-0.1, -0.05) is 18.2 Å². The van der Waals surface area contributed by atoms with Crippen LogP contribution in [0.3, 0.4) is 0 Å². The van der Waals surface area contributed by atoms with Crippen molar-refractivity contribution >= 4 is 16.8 Å². The second-order valence-corrected chi connectivity index (χ2v) is 8.20. The lowest BCUT2D eigenvalue weighted by Gasteiger charge is -2.27. The van der Waals surface area contributed by atoms with Crippen LogP contribution in [0.2, 0.25) is 0 Å². The number of hydrogen-bond acceptors (Lipinski definition) is 7. The maximum absolute atomic E-state index is 13.0. The van der Waals surface area contributed by atoms with E-state index in [0.717, 1.165) is 34.4 Å². The summed E-state index contributed by atoms with van der Waals surface area (Å²) in [6.07, 6.45) is 8.08. The average molecular weight is 427 g/mol. The van der Waals surface area contributed by atoms with Gasteiger partial charge in [0, 0.05) is 48.8 Å². The molecule has 2 aliphatic rings. The standard InChI is InChI=1S/C24H21N5O3/c30-24(29-10-8-18-17(12-29)11-26-23(28-18)16-6-7-16)19-13-32-21(27-19)14-31-20-5-1-3-15-4-2-9-25-22(15)20/h1-5,9,11,13,16H,6-8,10,12,14H2. The number of benzene rings is 1. The highest BCUT2D eigenvalue weighted by molar-refractivity contribution is 5.92. The van der Waals surface area contributed by atoms with Crippen molar-refractivity contribution in [2.24, 2.45) is 0 Å². The Labute approximate surface area is 184 Å². The van der Waals surface area contributed by atoms with Gasteiger partial charge in [0.05, 0.1) is 5.69 Å². The van der Waals surface area contributed by atoms with Crippen molar-refractivity contribution in [1.29, 1.82) is 0 Å². The van der Waals surface area contributed by atoms with Crippen LogP contribution in [-0.4, -0.2) is 37.3 Å². The third kappa shape index (κ3) is 3.57. The van der Waals surface area contributed by atoms with Crippen molar-refractivity contribution in [3.63, 3.8) is 0 Å². The molecule has 0 radical (unpaired) electrons. The number of carbonyl (C=O) groups excluding carboxylic acids is 1. The molecule has 0 unspecified atom stereocenters. The van der Waals surface area contributed by atoms with E-state index in [4.69, 9.17) is 14.1 Å². The van der Waals surface area contributed by atoms with E-state index in [2.05, 4.69) is 15.0 Å². The first kappa shape index (κ1) is 18.9. The molecule has 32 heavy (non-hydrogen) atoms. The molecule has 3 aromatic heterocycles. The Balaban J connectivity index is 1.13. The smallest absolute Gasteiger partial charge is 0.276 e. The first-order valence-corrected chi connectivity index (χ1v) is 10.8. The van der Waals surface area contributed by atoms with Crippen molar-refractivity contribution < 1.29 is 13.9 Å². The summed E-state index contributed by atoms with van der Waals surface area (Å²) < 4.78 is 11.4. The number of fused-ring (bicyclic) bond motifs is 2. The first-order valence-electron chi connectivity index (χ1n) is 10.8. The lowest BCUT2D eigenvalue weighted by atomic mass is 10.1. The van der Waals surface area contributed by atoms with Gasteiger partial charge in [0.15, 0.2) is 12.3 Å². The third-order valence-corrected chi connectivity index (χ3v) is 5.90. The molecule has 1 saturated carbocycles. The number of pyridine rings is 1. The molecular weight excluding hydrogens is 406 g/mol. The van der Waals surface area contributed by atoms with Crippen molar-refractivity contribution in [3.8, 4) is 5.75 Å². The summed E-state index contributed by atoms with van der Waals surface area (Å²) >= 11 is 0. The molecule has 0 atom stereocenters. The number of amides is 1. The minimum absolute atomic E-state index is 0.115. The highest BCUT2D eigenvalue weighted by atomic mass is 16.5. The molecule has 0 saturated heterocycles. The fourth-order valence-corrected chi connectivity index (χ4v) is 4.01. The van der Waals surface area contributed by atoms with Gasteiger partial charge in [-0.2, -0.15) is 0 Å². The SMILES string of the molecule is O=C(c1coc(COc2cccc3cccnc23)n1)N1CCc2nc(C3CC3)ncc2C1. The molecule has 0 spiro atoms. The summed E-state index contributed by atoms with van der Waals surface area (Å²) in [6.45, 7) is 1.20. The molecule has 160 valence electrons. The van der Waals surface area contributed by atoms with Gasteiger partial charge < -0.3 is 14.1 Å². The Morgan fingerprint density at radius 3 is 2.97 bits per heavy atom. The lowest BCUT2D eigenvalue weighted by molar-refractivity contribution is 0.0727. The summed E-state index contributed by atoms with van der Waals surface area (Å²) in [7, 11) is 0. The maximum Gasteiger partial charge on any atom is 0.276 e. The van der Waals surface area contributed by atoms with E-state index >= 15 is 0 Å². The van der Waals surface area contributed by atoms with E-state index in [-0.39, 0.29) is 18.2 Å². The van der Waals surface area contributed by atoms with Gasteiger partial charge in [0.2, 0.25) is 5.89 Å². The Kier molecular flexibility index (Phi) is 4.56. The molecule has 1 aliphatic heterocycles. The fraction of sp³-hybridized carbons (Fsp3) is 0.292. The zero-order chi connectivity index (χ0) is 21.5. The van der Waals surface area contributed by atoms with Gasteiger partial charge in [-0.25, -0.2) is 15.0 Å². The topological polar surface area (TPSA) is 94.2 Å². The number of aromatic nitrogens is 4. The number of carbonyl (C=O) groups is 1. The zero-order valence-electron chi connectivity index (χ0n) is 17.4. The van der Waals surface area contributed by atoms with Crippen molar-refractivity contribution in [3.05, 3.63) is 77.7 Å². The van der Waals surface area contributed by atoms with Crippen molar-refractivity contribution in [2.45, 2.75) is 38.3 Å². The molecular formula is C24H21N5O3. The highest BCUT2D eigenvalue weighted by Gasteiger charge is 2.29. The van der Waals surface area contributed by atoms with Crippen LogP contribution in [0.15, 0.2) is 53.4 Å². The molecule has 0 bridgehead atoms. The van der Waals surface area contributed by atoms with Crippen LogP contribution >= 0.6 is 0 Å². The fourth-order valence-electron chi connectivity index (χ4n) is 4.01. The van der Waals surface area contributed by atoms with E-state index in [1.165, 1.54) is 19.1 Å². The molecule has 1 amide bonds. The van der Waals surface area contributed by atoms with E-state index in [1.54, 1.807) is 11.1 Å². The molecule has 8 heteroatoms. The highest BCUT2D eigenvalue weighted by Crippen LogP contribution is 2.38. The van der Waals surface area contributed by atoms with Crippen LogP contribution in [-0.2, 0) is 19.6 Å². The lowest BCUT2D eigenvalue weighted by Crippen LogP contribution is -2.36. The predicted octanol–water partition coefficient (Wildman–Crippen LogP) is 3.67. The monoisotopic (exact) mass is 427 g/mol. The maximum atomic E-state index is 13.0. The minimum atomic E-state index is -0.163. The van der Waals surface area contributed by atoms with Gasteiger partial charge >= 0.3 is 0 Å². The molecule has 4 aromatic rings. The summed E-state index contributed by atoms with van der Waals surface area (Å²) in [4.78, 5) is 32.7. The molecule has 0 N–H and O–H groups in total. The molecule has 4 heterocycles. The van der Waals surface area contributed by atoms with Crippen LogP contribution in [0.5, 0.6) is 5.75 Å². The van der Waals surface area contributed by atoms with Gasteiger partial charge in [-0.15, -0.1) is 0 Å². The largest absolute Gasteiger partial charge is 0.482 e. The second-order valence-electron chi connectivity index (χ2n) is 8.20. The number of oxazole rings is 1. The Bertz CT molecular complexity index is 1310. The van der Waals surface area contributed by atoms with Gasteiger partial charge in [-0.3, -0.25) is 9.78 Å². The molecule has 1 fully saturated rings. The summed E-state index contributed by atoms with van der Waals surface area (Å²) in [5.74, 6) is 2.30. The Morgan fingerprint density at radius 2 is 2.06 bits per heavy atom. The third-order valence-electron chi connectivity index (χ3n) is 5.90. The number of rotatable bonds is 5.